The van der Waals surface area contributed by atoms with Gasteiger partial charge in [-0.15, -0.1) is 0 Å². The molecular formula is C21H28N2O4. The van der Waals surface area contributed by atoms with Crippen LogP contribution in [0.1, 0.15) is 17.2 Å². The van der Waals surface area contributed by atoms with E-state index in [0.29, 0.717) is 0 Å². The highest BCUT2D eigenvalue weighted by Gasteiger charge is 2.27. The van der Waals surface area contributed by atoms with E-state index in [9.17, 15) is 0 Å². The van der Waals surface area contributed by atoms with E-state index >= 15 is 0 Å². The molecule has 0 bridgehead atoms. The normalized spacial score (nSPS) is 15.9. The van der Waals surface area contributed by atoms with Gasteiger partial charge in [-0.1, -0.05) is 6.07 Å². The van der Waals surface area contributed by atoms with Crippen molar-refractivity contribution in [2.75, 3.05) is 54.6 Å². The van der Waals surface area contributed by atoms with E-state index in [1.807, 2.05) is 18.2 Å². The summed E-state index contributed by atoms with van der Waals surface area (Å²) in [4.78, 5) is 2.46. The molecule has 3 rings (SSSR count). The summed E-state index contributed by atoms with van der Waals surface area (Å²) in [6, 6.07) is 12.2. The fourth-order valence-electron chi connectivity index (χ4n) is 3.59. The summed E-state index contributed by atoms with van der Waals surface area (Å²) in [7, 11) is 6.67. The number of rotatable bonds is 7. The van der Waals surface area contributed by atoms with Gasteiger partial charge in [-0.25, -0.2) is 0 Å². The Balaban J connectivity index is 2.09. The number of benzene rings is 2. The molecule has 1 atom stereocenters. The van der Waals surface area contributed by atoms with E-state index < -0.39 is 0 Å². The van der Waals surface area contributed by atoms with Crippen LogP contribution in [0.5, 0.6) is 23.0 Å². The Bertz CT molecular complexity index is 760. The van der Waals surface area contributed by atoms with E-state index in [1.54, 1.807) is 28.4 Å². The van der Waals surface area contributed by atoms with Gasteiger partial charge in [-0.2, -0.15) is 0 Å². The summed E-state index contributed by atoms with van der Waals surface area (Å²) in [5, 5.41) is 3.42. The molecule has 0 spiro atoms. The van der Waals surface area contributed by atoms with E-state index in [2.05, 4.69) is 28.4 Å². The van der Waals surface area contributed by atoms with Crippen LogP contribution in [0.4, 0.5) is 0 Å². The summed E-state index contributed by atoms with van der Waals surface area (Å²) in [6.07, 6.45) is 0. The predicted molar refractivity (Wildman–Crippen MR) is 105 cm³/mol. The van der Waals surface area contributed by atoms with Gasteiger partial charge < -0.3 is 24.3 Å². The van der Waals surface area contributed by atoms with Gasteiger partial charge in [0.2, 0.25) is 0 Å². The number of ether oxygens (including phenoxy) is 4. The Morgan fingerprint density at radius 3 is 2.11 bits per heavy atom. The van der Waals surface area contributed by atoms with Gasteiger partial charge in [0.25, 0.3) is 0 Å². The minimum Gasteiger partial charge on any atom is -0.497 e. The first kappa shape index (κ1) is 19.3. The molecule has 1 fully saturated rings. The average Bonchev–Trinajstić information content (AvgIpc) is 2.74. The van der Waals surface area contributed by atoms with Crippen LogP contribution in [0.2, 0.25) is 0 Å². The van der Waals surface area contributed by atoms with E-state index in [4.69, 9.17) is 18.9 Å². The molecule has 1 unspecified atom stereocenters. The maximum Gasteiger partial charge on any atom is 0.161 e. The molecule has 0 amide bonds. The standard InChI is InChI=1S/C21H28N2O4/c1-24-16-6-7-17(19(14-16)26-3)21(23-11-9-22-10-12-23)15-5-8-18(25-2)20(13-15)27-4/h5-8,13-14,21-22H,9-12H2,1-4H3. The Morgan fingerprint density at radius 2 is 1.48 bits per heavy atom. The monoisotopic (exact) mass is 372 g/mol. The van der Waals surface area contributed by atoms with Gasteiger partial charge in [0.15, 0.2) is 11.5 Å². The molecule has 1 N–H and O–H groups in total. The third-order valence-electron chi connectivity index (χ3n) is 4.98. The molecule has 0 aliphatic carbocycles. The highest BCUT2D eigenvalue weighted by Crippen LogP contribution is 2.39. The second-order valence-corrected chi connectivity index (χ2v) is 6.41. The number of hydrogen-bond acceptors (Lipinski definition) is 6. The Hall–Kier alpha value is -2.44. The van der Waals surface area contributed by atoms with Crippen LogP contribution in [-0.2, 0) is 0 Å². The Kier molecular flexibility index (Phi) is 6.42. The van der Waals surface area contributed by atoms with Crippen molar-refractivity contribution in [3.63, 3.8) is 0 Å². The van der Waals surface area contributed by atoms with E-state index in [-0.39, 0.29) is 6.04 Å². The number of methoxy groups -OCH3 is 4. The largest absolute Gasteiger partial charge is 0.497 e. The summed E-state index contributed by atoms with van der Waals surface area (Å²) in [6.45, 7) is 3.83. The van der Waals surface area contributed by atoms with Crippen molar-refractivity contribution < 1.29 is 18.9 Å². The zero-order valence-electron chi connectivity index (χ0n) is 16.5. The molecule has 2 aromatic rings. The number of hydrogen-bond donors (Lipinski definition) is 1. The number of nitrogens with zero attached hydrogens (tertiary/aromatic N) is 1. The van der Waals surface area contributed by atoms with Crippen molar-refractivity contribution in [1.29, 1.82) is 0 Å². The minimum atomic E-state index is 0.0489. The fraction of sp³-hybridized carbons (Fsp3) is 0.429. The van der Waals surface area contributed by atoms with Crippen LogP contribution in [0.25, 0.3) is 0 Å². The lowest BCUT2D eigenvalue weighted by Crippen LogP contribution is -2.45. The molecule has 0 saturated carbocycles. The molecule has 1 saturated heterocycles. The van der Waals surface area contributed by atoms with Crippen molar-refractivity contribution >= 4 is 0 Å². The lowest BCUT2D eigenvalue weighted by molar-refractivity contribution is 0.195. The first-order chi connectivity index (χ1) is 13.2. The quantitative estimate of drug-likeness (QED) is 0.807. The molecule has 1 aliphatic heterocycles. The number of piperazine rings is 1. The fourth-order valence-corrected chi connectivity index (χ4v) is 3.59. The second-order valence-electron chi connectivity index (χ2n) is 6.41. The SMILES string of the molecule is COc1ccc(C(c2ccc(OC)c(OC)c2)N2CCNCC2)c(OC)c1. The van der Waals surface area contributed by atoms with Crippen molar-refractivity contribution in [2.24, 2.45) is 0 Å². The second kappa shape index (κ2) is 8.97. The van der Waals surface area contributed by atoms with E-state index in [1.165, 1.54) is 0 Å². The topological polar surface area (TPSA) is 52.2 Å². The van der Waals surface area contributed by atoms with Gasteiger partial charge in [0.1, 0.15) is 11.5 Å². The van der Waals surface area contributed by atoms with Gasteiger partial charge in [-0.05, 0) is 29.8 Å². The van der Waals surface area contributed by atoms with Crippen LogP contribution in [0.15, 0.2) is 36.4 Å². The summed E-state index contributed by atoms with van der Waals surface area (Å²) in [5.41, 5.74) is 2.24. The smallest absolute Gasteiger partial charge is 0.161 e. The third kappa shape index (κ3) is 4.12. The van der Waals surface area contributed by atoms with E-state index in [0.717, 1.165) is 60.3 Å². The highest BCUT2D eigenvalue weighted by atomic mass is 16.5. The maximum absolute atomic E-state index is 5.70. The zero-order chi connectivity index (χ0) is 19.2. The van der Waals surface area contributed by atoms with Crippen LogP contribution in [0, 0.1) is 0 Å². The van der Waals surface area contributed by atoms with Crippen molar-refractivity contribution in [2.45, 2.75) is 6.04 Å². The molecule has 0 radical (unpaired) electrons. The molecule has 146 valence electrons. The molecule has 6 nitrogen and oxygen atoms in total. The summed E-state index contributed by atoms with van der Waals surface area (Å²) < 4.78 is 22.0. The summed E-state index contributed by atoms with van der Waals surface area (Å²) in [5.74, 6) is 3.04. The predicted octanol–water partition coefficient (Wildman–Crippen LogP) is 2.72. The Morgan fingerprint density at radius 1 is 0.778 bits per heavy atom. The number of nitrogens with one attached hydrogen (secondary N) is 1. The van der Waals surface area contributed by atoms with Crippen molar-refractivity contribution in [1.82, 2.24) is 10.2 Å². The zero-order valence-corrected chi connectivity index (χ0v) is 16.5. The van der Waals surface area contributed by atoms with Crippen LogP contribution in [-0.4, -0.2) is 59.5 Å². The average molecular weight is 372 g/mol. The lowest BCUT2D eigenvalue weighted by Gasteiger charge is -2.36. The van der Waals surface area contributed by atoms with Crippen LogP contribution in [0.3, 0.4) is 0 Å². The molecule has 2 aromatic carbocycles. The van der Waals surface area contributed by atoms with Crippen LogP contribution < -0.4 is 24.3 Å². The molecular weight excluding hydrogens is 344 g/mol. The van der Waals surface area contributed by atoms with Gasteiger partial charge >= 0.3 is 0 Å². The van der Waals surface area contributed by atoms with Gasteiger partial charge in [0, 0.05) is 37.8 Å². The third-order valence-corrected chi connectivity index (χ3v) is 4.98. The molecule has 1 heterocycles. The van der Waals surface area contributed by atoms with Crippen molar-refractivity contribution in [3.8, 4) is 23.0 Å². The minimum absolute atomic E-state index is 0.0489. The van der Waals surface area contributed by atoms with Gasteiger partial charge in [-0.3, -0.25) is 4.90 Å². The molecule has 6 heteroatoms. The van der Waals surface area contributed by atoms with Gasteiger partial charge in [0.05, 0.1) is 34.5 Å². The molecule has 0 aromatic heterocycles. The highest BCUT2D eigenvalue weighted by molar-refractivity contribution is 5.50. The van der Waals surface area contributed by atoms with Crippen molar-refractivity contribution in [3.05, 3.63) is 47.5 Å². The maximum atomic E-state index is 5.70. The first-order valence-corrected chi connectivity index (χ1v) is 9.10. The molecule has 27 heavy (non-hydrogen) atoms. The summed E-state index contributed by atoms with van der Waals surface area (Å²) >= 11 is 0. The van der Waals surface area contributed by atoms with Crippen LogP contribution >= 0.6 is 0 Å². The lowest BCUT2D eigenvalue weighted by atomic mass is 9.95. The first-order valence-electron chi connectivity index (χ1n) is 9.10. The Labute approximate surface area is 161 Å². The molecule has 1 aliphatic rings.